The summed E-state index contributed by atoms with van der Waals surface area (Å²) in [5.41, 5.74) is 0. The number of nitrogens with one attached hydrogen (secondary N) is 2. The number of piperidine rings is 1. The minimum absolute atomic E-state index is 0.521. The van der Waals surface area contributed by atoms with Crippen LogP contribution in [-0.2, 0) is 0 Å². The van der Waals surface area contributed by atoms with Crippen LogP contribution in [0.25, 0.3) is 0 Å². The van der Waals surface area contributed by atoms with Gasteiger partial charge in [0.2, 0.25) is 0 Å². The first kappa shape index (κ1) is 19.3. The van der Waals surface area contributed by atoms with Crippen LogP contribution in [-0.4, -0.2) is 56.1 Å². The average molecular weight is 367 g/mol. The van der Waals surface area contributed by atoms with E-state index in [4.69, 9.17) is 0 Å². The molecule has 1 aromatic rings. The number of thiophene rings is 1. The quantitative estimate of drug-likeness (QED) is 0.321. The number of rotatable bonds is 8. The number of aliphatic imine (C=N–C) groups is 1. The monoisotopic (exact) mass is 366 g/mol. The highest BCUT2D eigenvalue weighted by Gasteiger charge is 2.31. The molecule has 1 aromatic heterocycles. The number of thioether (sulfide) groups is 1. The van der Waals surface area contributed by atoms with Crippen molar-refractivity contribution in [1.82, 2.24) is 15.5 Å². The molecule has 6 heteroatoms. The van der Waals surface area contributed by atoms with Crippen LogP contribution in [0.2, 0.25) is 0 Å². The van der Waals surface area contributed by atoms with E-state index in [-0.39, 0.29) is 0 Å². The molecule has 2 N–H and O–H groups in total. The Morgan fingerprint density at radius 1 is 1.54 bits per heavy atom. The van der Waals surface area contributed by atoms with Crippen LogP contribution in [0.15, 0.2) is 35.2 Å². The minimum Gasteiger partial charge on any atom is -0.356 e. The maximum absolute atomic E-state index is 4.35. The second-order valence-corrected chi connectivity index (χ2v) is 8.22. The maximum atomic E-state index is 4.35. The fourth-order valence-electron chi connectivity index (χ4n) is 3.24. The third-order valence-electron chi connectivity index (χ3n) is 4.37. The van der Waals surface area contributed by atoms with Crippen molar-refractivity contribution in [3.63, 3.8) is 0 Å². The molecule has 2 heterocycles. The van der Waals surface area contributed by atoms with Gasteiger partial charge in [-0.3, -0.25) is 9.89 Å². The lowest BCUT2D eigenvalue weighted by Gasteiger charge is -2.39. The normalized spacial score (nSPS) is 22.3. The number of guanidine groups is 1. The molecule has 0 saturated carbocycles. The van der Waals surface area contributed by atoms with Crippen LogP contribution >= 0.6 is 23.1 Å². The van der Waals surface area contributed by atoms with Gasteiger partial charge in [-0.1, -0.05) is 12.1 Å². The van der Waals surface area contributed by atoms with Gasteiger partial charge in [-0.2, -0.15) is 11.8 Å². The smallest absolute Gasteiger partial charge is 0.191 e. The number of likely N-dealkylation sites (tertiary alicyclic amines) is 1. The molecule has 0 amide bonds. The van der Waals surface area contributed by atoms with Crippen LogP contribution < -0.4 is 10.6 Å². The molecule has 2 unspecified atom stereocenters. The summed E-state index contributed by atoms with van der Waals surface area (Å²) in [5, 5.41) is 9.12. The van der Waals surface area contributed by atoms with Crippen molar-refractivity contribution in [3.8, 4) is 0 Å². The Balaban J connectivity index is 1.82. The first-order valence-corrected chi connectivity index (χ1v) is 10.7. The summed E-state index contributed by atoms with van der Waals surface area (Å²) in [6.45, 7) is 6.82. The van der Waals surface area contributed by atoms with Crippen LogP contribution in [0, 0.1) is 5.92 Å². The molecule has 1 fully saturated rings. The van der Waals surface area contributed by atoms with Crippen molar-refractivity contribution < 1.29 is 0 Å². The van der Waals surface area contributed by atoms with Crippen molar-refractivity contribution >= 4 is 29.1 Å². The predicted octanol–water partition coefficient (Wildman–Crippen LogP) is 3.22. The van der Waals surface area contributed by atoms with Crippen molar-refractivity contribution in [1.29, 1.82) is 0 Å². The van der Waals surface area contributed by atoms with Crippen LogP contribution in [0.5, 0.6) is 0 Å². The van der Waals surface area contributed by atoms with Gasteiger partial charge in [-0.15, -0.1) is 17.9 Å². The first-order chi connectivity index (χ1) is 11.8. The Morgan fingerprint density at radius 2 is 2.42 bits per heavy atom. The number of hydrogen-bond acceptors (Lipinski definition) is 4. The third kappa shape index (κ3) is 5.83. The highest BCUT2D eigenvalue weighted by molar-refractivity contribution is 7.99. The lowest BCUT2D eigenvalue weighted by Crippen LogP contribution is -2.45. The summed E-state index contributed by atoms with van der Waals surface area (Å²) in [6.07, 6.45) is 4.49. The summed E-state index contributed by atoms with van der Waals surface area (Å²) >= 11 is 3.75. The summed E-state index contributed by atoms with van der Waals surface area (Å²) in [5.74, 6) is 3.60. The van der Waals surface area contributed by atoms with Crippen LogP contribution in [0.1, 0.15) is 23.8 Å². The van der Waals surface area contributed by atoms with E-state index in [0.717, 1.165) is 30.6 Å². The van der Waals surface area contributed by atoms with E-state index >= 15 is 0 Å². The topological polar surface area (TPSA) is 39.7 Å². The molecule has 0 radical (unpaired) electrons. The fourth-order valence-corrected chi connectivity index (χ4v) is 4.80. The summed E-state index contributed by atoms with van der Waals surface area (Å²) in [4.78, 5) is 8.33. The second-order valence-electron chi connectivity index (χ2n) is 6.09. The van der Waals surface area contributed by atoms with E-state index in [1.54, 1.807) is 0 Å². The molecule has 0 spiro atoms. The second kappa shape index (κ2) is 10.8. The van der Waals surface area contributed by atoms with Gasteiger partial charge in [0.1, 0.15) is 0 Å². The number of nitrogens with zero attached hydrogens (tertiary/aromatic N) is 2. The zero-order valence-corrected chi connectivity index (χ0v) is 16.5. The van der Waals surface area contributed by atoms with E-state index in [9.17, 15) is 0 Å². The molecule has 4 nitrogen and oxygen atoms in total. The Kier molecular flexibility index (Phi) is 8.70. The maximum Gasteiger partial charge on any atom is 0.191 e. The van der Waals surface area contributed by atoms with Crippen LogP contribution in [0.3, 0.4) is 0 Å². The van der Waals surface area contributed by atoms with Gasteiger partial charge in [0.15, 0.2) is 5.96 Å². The third-order valence-corrected chi connectivity index (χ3v) is 6.28. The highest BCUT2D eigenvalue weighted by Crippen LogP contribution is 2.36. The zero-order valence-electron chi connectivity index (χ0n) is 14.8. The molecular formula is C18H30N4S2. The molecule has 2 rings (SSSR count). The van der Waals surface area contributed by atoms with Crippen molar-refractivity contribution in [2.45, 2.75) is 18.9 Å². The highest BCUT2D eigenvalue weighted by atomic mass is 32.2. The number of hydrogen-bond donors (Lipinski definition) is 2. The van der Waals surface area contributed by atoms with Gasteiger partial charge in [0, 0.05) is 42.6 Å². The molecule has 0 aromatic carbocycles. The van der Waals surface area contributed by atoms with Gasteiger partial charge < -0.3 is 10.6 Å². The minimum atomic E-state index is 0.521. The first-order valence-electron chi connectivity index (χ1n) is 8.63. The lowest BCUT2D eigenvalue weighted by atomic mass is 9.88. The lowest BCUT2D eigenvalue weighted by molar-refractivity contribution is 0.125. The van der Waals surface area contributed by atoms with Crippen LogP contribution in [0.4, 0.5) is 0 Å². The molecule has 2 atom stereocenters. The van der Waals surface area contributed by atoms with E-state index in [0.29, 0.717) is 12.0 Å². The van der Waals surface area contributed by atoms with E-state index in [2.05, 4.69) is 51.7 Å². The van der Waals surface area contributed by atoms with Gasteiger partial charge in [0.05, 0.1) is 0 Å². The fraction of sp³-hybridized carbons (Fsp3) is 0.611. The van der Waals surface area contributed by atoms with Gasteiger partial charge in [-0.25, -0.2) is 0 Å². The largest absolute Gasteiger partial charge is 0.356 e. The van der Waals surface area contributed by atoms with Gasteiger partial charge >= 0.3 is 0 Å². The van der Waals surface area contributed by atoms with Gasteiger partial charge in [-0.05, 0) is 43.8 Å². The van der Waals surface area contributed by atoms with Crippen molar-refractivity contribution in [2.75, 3.05) is 45.2 Å². The molecule has 24 heavy (non-hydrogen) atoms. The summed E-state index contributed by atoms with van der Waals surface area (Å²) in [6, 6.07) is 4.95. The Hall–Kier alpha value is -0.980. The van der Waals surface area contributed by atoms with E-state index in [1.165, 1.54) is 24.3 Å². The molecule has 134 valence electrons. The molecule has 0 bridgehead atoms. The molecule has 1 saturated heterocycles. The molecular weight excluding hydrogens is 336 g/mol. The Labute approximate surface area is 154 Å². The zero-order chi connectivity index (χ0) is 17.2. The molecule has 0 aliphatic carbocycles. The molecule has 1 aliphatic rings. The summed E-state index contributed by atoms with van der Waals surface area (Å²) in [7, 11) is 4.09. The summed E-state index contributed by atoms with van der Waals surface area (Å²) < 4.78 is 0. The van der Waals surface area contributed by atoms with E-state index < -0.39 is 0 Å². The van der Waals surface area contributed by atoms with Crippen molar-refractivity contribution in [2.24, 2.45) is 10.9 Å². The van der Waals surface area contributed by atoms with Crippen molar-refractivity contribution in [3.05, 3.63) is 35.0 Å². The SMILES string of the molecule is C=CCSCCNC(=NC)NCC1CCCN(C)C1c1cccs1. The standard InChI is InChI=1S/C18H30N4S2/c1-4-11-23-13-9-20-18(19-2)21-14-15-7-5-10-22(3)17(15)16-8-6-12-24-16/h4,6,8,12,15,17H,1,5,7,9-11,13-14H2,2-3H3,(H2,19,20,21). The predicted molar refractivity (Wildman–Crippen MR) is 109 cm³/mol. The molecule has 1 aliphatic heterocycles. The van der Waals surface area contributed by atoms with E-state index in [1.807, 2.05) is 36.2 Å². The average Bonchev–Trinajstić information content (AvgIpc) is 3.11. The van der Waals surface area contributed by atoms with Gasteiger partial charge in [0.25, 0.3) is 0 Å². The Bertz CT molecular complexity index is 501. The Morgan fingerprint density at radius 3 is 3.12 bits per heavy atom.